The van der Waals surface area contributed by atoms with Crippen LogP contribution in [0.5, 0.6) is 5.75 Å². The highest BCUT2D eigenvalue weighted by Gasteiger charge is 2.30. The summed E-state index contributed by atoms with van der Waals surface area (Å²) in [6, 6.07) is 4.73. The summed E-state index contributed by atoms with van der Waals surface area (Å²) in [5.74, 6) is -2.00. The number of carbonyl (C=O) groups excluding carboxylic acids is 3. The highest BCUT2D eigenvalue weighted by Crippen LogP contribution is 2.40. The lowest BCUT2D eigenvalue weighted by molar-refractivity contribution is -0.136. The molecule has 1 atom stereocenters. The Bertz CT molecular complexity index is 1050. The van der Waals surface area contributed by atoms with Crippen LogP contribution in [-0.4, -0.2) is 35.7 Å². The van der Waals surface area contributed by atoms with Crippen molar-refractivity contribution in [1.29, 1.82) is 0 Å². The number of phenols is 1. The molecule has 164 valence electrons. The molecule has 0 saturated heterocycles. The van der Waals surface area contributed by atoms with Crippen LogP contribution in [0.2, 0.25) is 0 Å². The van der Waals surface area contributed by atoms with Crippen LogP contribution in [0.25, 0.3) is 0 Å². The third kappa shape index (κ3) is 5.50. The van der Waals surface area contributed by atoms with Gasteiger partial charge in [0.1, 0.15) is 10.8 Å². The van der Waals surface area contributed by atoms with Gasteiger partial charge in [0.25, 0.3) is 0 Å². The SMILES string of the molecule is CCOC(=O)c1c(NC(=O)C(=O)N/N=C/c2cc(Br)ccc2O)sc2c1CCC(C)C2. The Hall–Kier alpha value is -2.72. The molecule has 1 heterocycles. The zero-order valence-corrected chi connectivity index (χ0v) is 19.4. The van der Waals surface area contributed by atoms with Gasteiger partial charge in [0.2, 0.25) is 0 Å². The molecule has 0 bridgehead atoms. The lowest BCUT2D eigenvalue weighted by Gasteiger charge is -2.18. The zero-order chi connectivity index (χ0) is 22.5. The molecule has 2 aromatic rings. The number of aromatic hydroxyl groups is 1. The van der Waals surface area contributed by atoms with Gasteiger partial charge < -0.3 is 15.2 Å². The Morgan fingerprint density at radius 1 is 1.35 bits per heavy atom. The highest BCUT2D eigenvalue weighted by molar-refractivity contribution is 9.10. The molecule has 0 saturated carbocycles. The molecule has 31 heavy (non-hydrogen) atoms. The standard InChI is InChI=1S/C21H22BrN3O5S/c1-3-30-21(29)17-14-6-4-11(2)8-16(14)31-20(17)24-18(27)19(28)25-23-10-12-9-13(22)5-7-15(12)26/h5,7,9-11,26H,3-4,6,8H2,1-2H3,(H,24,27)(H,25,28)/b23-10+. The number of thiophene rings is 1. The first kappa shape index (κ1) is 23.0. The summed E-state index contributed by atoms with van der Waals surface area (Å²) >= 11 is 4.57. The maximum absolute atomic E-state index is 12.5. The molecule has 0 spiro atoms. The molecule has 1 aliphatic carbocycles. The fourth-order valence-electron chi connectivity index (χ4n) is 3.26. The van der Waals surface area contributed by atoms with E-state index in [4.69, 9.17) is 4.74 Å². The van der Waals surface area contributed by atoms with E-state index in [1.165, 1.54) is 23.6 Å². The first-order chi connectivity index (χ1) is 14.8. The quantitative estimate of drug-likeness (QED) is 0.247. The largest absolute Gasteiger partial charge is 0.507 e. The van der Waals surface area contributed by atoms with Gasteiger partial charge in [0.05, 0.1) is 18.4 Å². The van der Waals surface area contributed by atoms with Crippen molar-refractivity contribution in [2.75, 3.05) is 11.9 Å². The first-order valence-corrected chi connectivity index (χ1v) is 11.4. The second-order valence-electron chi connectivity index (χ2n) is 7.13. The molecule has 3 N–H and O–H groups in total. The Kier molecular flexibility index (Phi) is 7.45. The topological polar surface area (TPSA) is 117 Å². The van der Waals surface area contributed by atoms with Crippen molar-refractivity contribution < 1.29 is 24.2 Å². The van der Waals surface area contributed by atoms with E-state index in [-0.39, 0.29) is 12.4 Å². The fraction of sp³-hybridized carbons (Fsp3) is 0.333. The summed E-state index contributed by atoms with van der Waals surface area (Å²) in [6.45, 7) is 4.07. The molecular weight excluding hydrogens is 486 g/mol. The normalized spacial score (nSPS) is 15.4. The molecular formula is C21H22BrN3O5S. The first-order valence-electron chi connectivity index (χ1n) is 9.74. The van der Waals surface area contributed by atoms with Gasteiger partial charge in [-0.3, -0.25) is 9.59 Å². The molecule has 1 unspecified atom stereocenters. The van der Waals surface area contributed by atoms with Crippen molar-refractivity contribution in [2.45, 2.75) is 33.1 Å². The molecule has 1 aromatic heterocycles. The minimum atomic E-state index is -1.000. The van der Waals surface area contributed by atoms with Crippen molar-refractivity contribution in [3.8, 4) is 5.75 Å². The second-order valence-corrected chi connectivity index (χ2v) is 9.15. The third-order valence-electron chi connectivity index (χ3n) is 4.78. The summed E-state index contributed by atoms with van der Waals surface area (Å²) < 4.78 is 5.88. The zero-order valence-electron chi connectivity index (χ0n) is 17.0. The Labute approximate surface area is 191 Å². The summed E-state index contributed by atoms with van der Waals surface area (Å²) in [4.78, 5) is 38.1. The van der Waals surface area contributed by atoms with Crippen molar-refractivity contribution in [3.05, 3.63) is 44.2 Å². The van der Waals surface area contributed by atoms with Crippen LogP contribution in [0.15, 0.2) is 27.8 Å². The molecule has 0 fully saturated rings. The lowest BCUT2D eigenvalue weighted by Crippen LogP contribution is -2.32. The van der Waals surface area contributed by atoms with Crippen LogP contribution in [0.1, 0.15) is 46.6 Å². The predicted molar refractivity (Wildman–Crippen MR) is 122 cm³/mol. The average Bonchev–Trinajstić information content (AvgIpc) is 3.07. The van der Waals surface area contributed by atoms with E-state index in [9.17, 15) is 19.5 Å². The number of phenolic OH excluding ortho intramolecular Hbond substituents is 1. The van der Waals surface area contributed by atoms with Crippen molar-refractivity contribution in [1.82, 2.24) is 5.43 Å². The van der Waals surface area contributed by atoms with Crippen LogP contribution < -0.4 is 10.7 Å². The lowest BCUT2D eigenvalue weighted by atomic mass is 9.88. The number of carbonyl (C=O) groups is 3. The van der Waals surface area contributed by atoms with Gasteiger partial charge in [-0.25, -0.2) is 10.2 Å². The number of hydrazone groups is 1. The van der Waals surface area contributed by atoms with E-state index in [0.29, 0.717) is 22.0 Å². The minimum Gasteiger partial charge on any atom is -0.507 e. The number of fused-ring (bicyclic) bond motifs is 1. The van der Waals surface area contributed by atoms with Gasteiger partial charge in [0, 0.05) is 14.9 Å². The molecule has 3 rings (SSSR count). The molecule has 8 nitrogen and oxygen atoms in total. The number of rotatable bonds is 5. The number of anilines is 1. The summed E-state index contributed by atoms with van der Waals surface area (Å²) in [5, 5.41) is 16.3. The van der Waals surface area contributed by atoms with Crippen LogP contribution in [-0.2, 0) is 27.2 Å². The predicted octanol–water partition coefficient (Wildman–Crippen LogP) is 3.61. The van der Waals surface area contributed by atoms with Crippen LogP contribution >= 0.6 is 27.3 Å². The summed E-state index contributed by atoms with van der Waals surface area (Å²) in [7, 11) is 0. The van der Waals surface area contributed by atoms with E-state index in [1.54, 1.807) is 19.1 Å². The number of benzene rings is 1. The van der Waals surface area contributed by atoms with Gasteiger partial charge in [-0.1, -0.05) is 22.9 Å². The van der Waals surface area contributed by atoms with Gasteiger partial charge in [-0.15, -0.1) is 11.3 Å². The number of ether oxygens (including phenoxy) is 1. The molecule has 1 aromatic carbocycles. The van der Waals surface area contributed by atoms with E-state index >= 15 is 0 Å². The number of esters is 1. The van der Waals surface area contributed by atoms with E-state index in [0.717, 1.165) is 34.2 Å². The fourth-order valence-corrected chi connectivity index (χ4v) is 5.03. The molecule has 1 aliphatic rings. The van der Waals surface area contributed by atoms with Crippen molar-refractivity contribution in [3.63, 3.8) is 0 Å². The van der Waals surface area contributed by atoms with Crippen LogP contribution in [0.4, 0.5) is 5.00 Å². The Balaban J connectivity index is 1.73. The number of nitrogens with zero attached hydrogens (tertiary/aromatic N) is 1. The number of nitrogens with one attached hydrogen (secondary N) is 2. The van der Waals surface area contributed by atoms with Gasteiger partial charge >= 0.3 is 17.8 Å². The number of hydrogen-bond acceptors (Lipinski definition) is 7. The Morgan fingerprint density at radius 2 is 2.13 bits per heavy atom. The van der Waals surface area contributed by atoms with E-state index in [1.807, 2.05) is 0 Å². The maximum atomic E-state index is 12.5. The summed E-state index contributed by atoms with van der Waals surface area (Å²) in [6.07, 6.45) is 3.71. The molecule has 0 aliphatic heterocycles. The molecule has 0 radical (unpaired) electrons. The third-order valence-corrected chi connectivity index (χ3v) is 6.45. The number of halogens is 1. The van der Waals surface area contributed by atoms with E-state index < -0.39 is 17.8 Å². The number of amides is 2. The van der Waals surface area contributed by atoms with E-state index in [2.05, 4.69) is 38.7 Å². The van der Waals surface area contributed by atoms with Crippen LogP contribution in [0.3, 0.4) is 0 Å². The van der Waals surface area contributed by atoms with Crippen molar-refractivity contribution >= 4 is 56.3 Å². The highest BCUT2D eigenvalue weighted by atomic mass is 79.9. The monoisotopic (exact) mass is 507 g/mol. The second kappa shape index (κ2) is 10.1. The molecule has 2 amide bonds. The van der Waals surface area contributed by atoms with Crippen LogP contribution in [0, 0.1) is 5.92 Å². The minimum absolute atomic E-state index is 0.0249. The number of hydrogen-bond donors (Lipinski definition) is 3. The van der Waals surface area contributed by atoms with Gasteiger partial charge in [0.15, 0.2) is 0 Å². The maximum Gasteiger partial charge on any atom is 0.341 e. The van der Waals surface area contributed by atoms with Gasteiger partial charge in [-0.2, -0.15) is 5.10 Å². The van der Waals surface area contributed by atoms with Crippen molar-refractivity contribution in [2.24, 2.45) is 11.0 Å². The Morgan fingerprint density at radius 3 is 2.87 bits per heavy atom. The smallest absolute Gasteiger partial charge is 0.341 e. The summed E-state index contributed by atoms with van der Waals surface area (Å²) in [5.41, 5.74) is 3.70. The van der Waals surface area contributed by atoms with Gasteiger partial charge in [-0.05, 0) is 55.9 Å². The molecule has 10 heteroatoms. The average molecular weight is 508 g/mol.